The first-order valence-corrected chi connectivity index (χ1v) is 6.33. The Balaban J connectivity index is 2.63. The summed E-state index contributed by atoms with van der Waals surface area (Å²) < 4.78 is 2.91. The molecule has 0 N–H and O–H groups in total. The number of fused-ring (bicyclic) bond motifs is 3. The average molecular weight is 218 g/mol. The van der Waals surface area contributed by atoms with Gasteiger partial charge in [-0.25, -0.2) is 0 Å². The number of thiophene rings is 2. The first-order chi connectivity index (χ1) is 6.77. The quantitative estimate of drug-likeness (QED) is 0.511. The van der Waals surface area contributed by atoms with Gasteiger partial charge >= 0.3 is 0 Å². The van der Waals surface area contributed by atoms with Crippen molar-refractivity contribution < 1.29 is 0 Å². The van der Waals surface area contributed by atoms with Gasteiger partial charge < -0.3 is 0 Å². The number of aryl methyl sites for hydroxylation is 2. The fourth-order valence-corrected chi connectivity index (χ4v) is 4.04. The molecule has 1 aromatic carbocycles. The second kappa shape index (κ2) is 2.81. The molecule has 2 heterocycles. The van der Waals surface area contributed by atoms with E-state index in [0.717, 1.165) is 0 Å². The van der Waals surface area contributed by atoms with Gasteiger partial charge in [-0.2, -0.15) is 0 Å². The van der Waals surface area contributed by atoms with Gasteiger partial charge in [0.1, 0.15) is 0 Å². The van der Waals surface area contributed by atoms with Crippen LogP contribution >= 0.6 is 22.7 Å². The van der Waals surface area contributed by atoms with Gasteiger partial charge in [0.25, 0.3) is 0 Å². The van der Waals surface area contributed by atoms with E-state index < -0.39 is 0 Å². The van der Waals surface area contributed by atoms with Gasteiger partial charge in [0.15, 0.2) is 0 Å². The first-order valence-electron chi connectivity index (χ1n) is 4.63. The van der Waals surface area contributed by atoms with Crippen molar-refractivity contribution in [2.75, 3.05) is 0 Å². The van der Waals surface area contributed by atoms with Crippen LogP contribution in [0.5, 0.6) is 0 Å². The zero-order valence-electron chi connectivity index (χ0n) is 8.13. The summed E-state index contributed by atoms with van der Waals surface area (Å²) in [4.78, 5) is 1.45. The van der Waals surface area contributed by atoms with Crippen LogP contribution in [0.1, 0.15) is 10.4 Å². The number of hydrogen-bond donors (Lipinski definition) is 0. The van der Waals surface area contributed by atoms with Crippen molar-refractivity contribution in [1.82, 2.24) is 0 Å². The highest BCUT2D eigenvalue weighted by molar-refractivity contribution is 7.26. The van der Waals surface area contributed by atoms with E-state index in [1.54, 1.807) is 0 Å². The zero-order chi connectivity index (χ0) is 9.71. The molecule has 0 atom stereocenters. The SMILES string of the molecule is Cc1sc2c(ccc3ccsc32)c1C. The maximum Gasteiger partial charge on any atom is 0.0526 e. The van der Waals surface area contributed by atoms with E-state index in [1.165, 1.54) is 30.6 Å². The largest absolute Gasteiger partial charge is 0.142 e. The third-order valence-electron chi connectivity index (χ3n) is 2.76. The van der Waals surface area contributed by atoms with E-state index in [1.807, 2.05) is 22.7 Å². The molecule has 0 amide bonds. The van der Waals surface area contributed by atoms with Crippen molar-refractivity contribution in [2.45, 2.75) is 13.8 Å². The molecule has 70 valence electrons. The van der Waals surface area contributed by atoms with Crippen LogP contribution < -0.4 is 0 Å². The molecule has 0 aliphatic carbocycles. The van der Waals surface area contributed by atoms with Gasteiger partial charge in [0.05, 0.1) is 9.40 Å². The predicted molar refractivity (Wildman–Crippen MR) is 66.7 cm³/mol. The normalized spacial score (nSPS) is 11.6. The van der Waals surface area contributed by atoms with Crippen LogP contribution in [0.3, 0.4) is 0 Å². The highest BCUT2D eigenvalue weighted by Gasteiger charge is 2.08. The molecule has 3 aromatic rings. The fourth-order valence-electron chi connectivity index (χ4n) is 1.82. The van der Waals surface area contributed by atoms with Crippen molar-refractivity contribution in [1.29, 1.82) is 0 Å². The van der Waals surface area contributed by atoms with Crippen molar-refractivity contribution in [3.63, 3.8) is 0 Å². The van der Waals surface area contributed by atoms with Crippen LogP contribution in [0.4, 0.5) is 0 Å². The lowest BCUT2D eigenvalue weighted by Gasteiger charge is -1.93. The number of benzene rings is 1. The lowest BCUT2D eigenvalue weighted by molar-refractivity contribution is 1.47. The van der Waals surface area contributed by atoms with Gasteiger partial charge in [-0.3, -0.25) is 0 Å². The third kappa shape index (κ3) is 0.983. The van der Waals surface area contributed by atoms with E-state index in [4.69, 9.17) is 0 Å². The molecular weight excluding hydrogens is 208 g/mol. The molecule has 0 bridgehead atoms. The third-order valence-corrected chi connectivity index (χ3v) is 5.08. The summed E-state index contributed by atoms with van der Waals surface area (Å²) >= 11 is 3.77. The molecule has 0 nitrogen and oxygen atoms in total. The Bertz CT molecular complexity index is 614. The van der Waals surface area contributed by atoms with E-state index >= 15 is 0 Å². The van der Waals surface area contributed by atoms with Gasteiger partial charge in [0, 0.05) is 4.88 Å². The molecule has 2 heteroatoms. The molecule has 14 heavy (non-hydrogen) atoms. The predicted octanol–water partition coefficient (Wildman–Crippen LogP) is 4.73. The average Bonchev–Trinajstić information content (AvgIpc) is 2.73. The standard InChI is InChI=1S/C12H10S2/c1-7-8(2)14-12-10(7)4-3-9-5-6-13-11(9)12/h3-6H,1-2H3. The van der Waals surface area contributed by atoms with Crippen molar-refractivity contribution >= 4 is 42.8 Å². The van der Waals surface area contributed by atoms with Crippen molar-refractivity contribution in [3.05, 3.63) is 34.0 Å². The molecule has 0 unspecified atom stereocenters. The summed E-state index contributed by atoms with van der Waals surface area (Å²) in [6, 6.07) is 6.68. The van der Waals surface area contributed by atoms with Crippen LogP contribution in [-0.4, -0.2) is 0 Å². The smallest absolute Gasteiger partial charge is 0.0526 e. The Kier molecular flexibility index (Phi) is 1.70. The van der Waals surface area contributed by atoms with Gasteiger partial charge in [-0.1, -0.05) is 12.1 Å². The van der Waals surface area contributed by atoms with Crippen LogP contribution in [0.2, 0.25) is 0 Å². The summed E-state index contributed by atoms with van der Waals surface area (Å²) in [6.07, 6.45) is 0. The Morgan fingerprint density at radius 3 is 2.71 bits per heavy atom. The molecule has 3 rings (SSSR count). The van der Waals surface area contributed by atoms with Crippen molar-refractivity contribution in [3.8, 4) is 0 Å². The molecule has 2 aromatic heterocycles. The van der Waals surface area contributed by atoms with Crippen LogP contribution in [0.25, 0.3) is 20.2 Å². The molecular formula is C12H10S2. The van der Waals surface area contributed by atoms with E-state index in [2.05, 4.69) is 37.4 Å². The van der Waals surface area contributed by atoms with Gasteiger partial charge in [-0.15, -0.1) is 22.7 Å². The summed E-state index contributed by atoms with van der Waals surface area (Å²) in [5, 5.41) is 4.99. The van der Waals surface area contributed by atoms with E-state index in [0.29, 0.717) is 0 Å². The van der Waals surface area contributed by atoms with Gasteiger partial charge in [0.2, 0.25) is 0 Å². The summed E-state index contributed by atoms with van der Waals surface area (Å²) in [5.41, 5.74) is 1.44. The van der Waals surface area contributed by atoms with Gasteiger partial charge in [-0.05, 0) is 41.6 Å². The minimum Gasteiger partial charge on any atom is -0.142 e. The Labute approximate surface area is 90.8 Å². The molecule has 0 fully saturated rings. The second-order valence-electron chi connectivity index (χ2n) is 3.56. The van der Waals surface area contributed by atoms with E-state index in [-0.39, 0.29) is 0 Å². The molecule has 0 aliphatic rings. The first kappa shape index (κ1) is 8.45. The lowest BCUT2D eigenvalue weighted by atomic mass is 10.1. The highest BCUT2D eigenvalue weighted by atomic mass is 32.1. The maximum absolute atomic E-state index is 2.25. The topological polar surface area (TPSA) is 0 Å². The van der Waals surface area contributed by atoms with Crippen LogP contribution in [-0.2, 0) is 0 Å². The zero-order valence-corrected chi connectivity index (χ0v) is 9.76. The maximum atomic E-state index is 2.25. The molecule has 0 spiro atoms. The number of hydrogen-bond acceptors (Lipinski definition) is 2. The van der Waals surface area contributed by atoms with Crippen LogP contribution in [0.15, 0.2) is 23.6 Å². The molecule has 0 saturated heterocycles. The number of rotatable bonds is 0. The fraction of sp³-hybridized carbons (Fsp3) is 0.167. The summed E-state index contributed by atoms with van der Waals surface area (Å²) in [5.74, 6) is 0. The Hall–Kier alpha value is -0.860. The lowest BCUT2D eigenvalue weighted by Crippen LogP contribution is -1.69. The Morgan fingerprint density at radius 1 is 1.00 bits per heavy atom. The minimum absolute atomic E-state index is 1.38. The Morgan fingerprint density at radius 2 is 1.86 bits per heavy atom. The molecule has 0 saturated carbocycles. The summed E-state index contributed by atoms with van der Waals surface area (Å²) in [7, 11) is 0. The highest BCUT2D eigenvalue weighted by Crippen LogP contribution is 2.37. The monoisotopic (exact) mass is 218 g/mol. The van der Waals surface area contributed by atoms with E-state index in [9.17, 15) is 0 Å². The molecule has 0 aliphatic heterocycles. The second-order valence-corrected chi connectivity index (χ2v) is 5.71. The van der Waals surface area contributed by atoms with Crippen molar-refractivity contribution in [2.24, 2.45) is 0 Å². The molecule has 0 radical (unpaired) electrons. The van der Waals surface area contributed by atoms with Crippen LogP contribution in [0, 0.1) is 13.8 Å². The summed E-state index contributed by atoms with van der Waals surface area (Å²) in [6.45, 7) is 4.42. The minimum atomic E-state index is 1.38.